The molecule has 0 aromatic heterocycles. The molecule has 1 atom stereocenters. The van der Waals surface area contributed by atoms with E-state index in [2.05, 4.69) is 0 Å². The lowest BCUT2D eigenvalue weighted by Crippen LogP contribution is -2.29. The van der Waals surface area contributed by atoms with Gasteiger partial charge in [-0.3, -0.25) is 4.79 Å². The lowest BCUT2D eigenvalue weighted by molar-refractivity contribution is -0.148. The third-order valence-electron chi connectivity index (χ3n) is 2.83. The minimum absolute atomic E-state index is 0.295. The van der Waals surface area contributed by atoms with Crippen LogP contribution in [0.1, 0.15) is 32.3 Å². The van der Waals surface area contributed by atoms with Crippen LogP contribution in [0.4, 0.5) is 4.39 Å². The minimum Gasteiger partial charge on any atom is -0.481 e. The molecule has 0 aliphatic carbocycles. The van der Waals surface area contributed by atoms with Gasteiger partial charge in [-0.05, 0) is 37.5 Å². The van der Waals surface area contributed by atoms with Crippen LogP contribution in [-0.4, -0.2) is 11.1 Å². The number of hydrogen-bond acceptors (Lipinski definition) is 1. The zero-order valence-corrected chi connectivity index (χ0v) is 9.66. The molecule has 16 heavy (non-hydrogen) atoms. The summed E-state index contributed by atoms with van der Waals surface area (Å²) in [5.41, 5.74) is 0.104. The van der Waals surface area contributed by atoms with Crippen LogP contribution in [0.5, 0.6) is 0 Å². The Labute approximate surface area is 95.1 Å². The van der Waals surface area contributed by atoms with Crippen LogP contribution in [0.2, 0.25) is 0 Å². The number of hydrogen-bond donors (Lipinski definition) is 1. The number of carboxylic acid groups (broad SMARTS) is 1. The maximum absolute atomic E-state index is 12.7. The molecular weight excluding hydrogens is 207 g/mol. The van der Waals surface area contributed by atoms with Crippen LogP contribution < -0.4 is 0 Å². The quantitative estimate of drug-likeness (QED) is 0.833. The summed E-state index contributed by atoms with van der Waals surface area (Å²) < 4.78 is 12.7. The Hall–Kier alpha value is -1.38. The third kappa shape index (κ3) is 3.05. The van der Waals surface area contributed by atoms with Gasteiger partial charge in [0.2, 0.25) is 0 Å². The van der Waals surface area contributed by atoms with Gasteiger partial charge in [0.25, 0.3) is 0 Å². The van der Waals surface area contributed by atoms with E-state index >= 15 is 0 Å². The predicted molar refractivity (Wildman–Crippen MR) is 60.8 cm³/mol. The van der Waals surface area contributed by atoms with E-state index in [0.29, 0.717) is 12.8 Å². The van der Waals surface area contributed by atoms with Gasteiger partial charge in [0.15, 0.2) is 0 Å². The van der Waals surface area contributed by atoms with Crippen LogP contribution >= 0.6 is 0 Å². The molecule has 1 aromatic rings. The van der Waals surface area contributed by atoms with E-state index in [1.165, 1.54) is 12.1 Å². The molecule has 1 aromatic carbocycles. The maximum atomic E-state index is 12.7. The average Bonchev–Trinajstić information content (AvgIpc) is 2.22. The van der Waals surface area contributed by atoms with Crippen molar-refractivity contribution < 1.29 is 14.3 Å². The average molecular weight is 224 g/mol. The van der Waals surface area contributed by atoms with E-state index < -0.39 is 11.4 Å². The summed E-state index contributed by atoms with van der Waals surface area (Å²) >= 11 is 0. The predicted octanol–water partition coefficient (Wildman–Crippen LogP) is 3.26. The smallest absolute Gasteiger partial charge is 0.309 e. The van der Waals surface area contributed by atoms with Gasteiger partial charge in [-0.15, -0.1) is 0 Å². The molecule has 0 aliphatic heterocycles. The van der Waals surface area contributed by atoms with Gasteiger partial charge in [-0.2, -0.15) is 0 Å². The van der Waals surface area contributed by atoms with Crippen LogP contribution in [0, 0.1) is 11.2 Å². The van der Waals surface area contributed by atoms with Crippen molar-refractivity contribution in [3.05, 3.63) is 35.6 Å². The molecule has 0 aliphatic rings. The summed E-state index contributed by atoms with van der Waals surface area (Å²) in [6, 6.07) is 6.02. The first-order valence-corrected chi connectivity index (χ1v) is 5.46. The second kappa shape index (κ2) is 5.10. The number of aliphatic carboxylic acids is 1. The van der Waals surface area contributed by atoms with Crippen LogP contribution in [0.15, 0.2) is 24.3 Å². The molecule has 0 radical (unpaired) electrons. The van der Waals surface area contributed by atoms with Gasteiger partial charge in [0.05, 0.1) is 5.41 Å². The lowest BCUT2D eigenvalue weighted by Gasteiger charge is -2.24. The van der Waals surface area contributed by atoms with Crippen LogP contribution in [0.25, 0.3) is 0 Å². The van der Waals surface area contributed by atoms with Crippen molar-refractivity contribution in [2.75, 3.05) is 0 Å². The standard InChI is InChI=1S/C13H17FO2/c1-3-8-13(2,12(15)16)9-10-4-6-11(14)7-5-10/h4-7H,3,8-9H2,1-2H3,(H,15,16). The van der Waals surface area contributed by atoms with Gasteiger partial charge in [-0.1, -0.05) is 25.5 Å². The van der Waals surface area contributed by atoms with Crippen molar-refractivity contribution in [1.29, 1.82) is 0 Å². The summed E-state index contributed by atoms with van der Waals surface area (Å²) in [4.78, 5) is 11.2. The van der Waals surface area contributed by atoms with E-state index in [1.54, 1.807) is 19.1 Å². The van der Waals surface area contributed by atoms with Crippen LogP contribution in [0.3, 0.4) is 0 Å². The largest absolute Gasteiger partial charge is 0.481 e. The molecule has 0 saturated heterocycles. The Morgan fingerprint density at radius 3 is 2.38 bits per heavy atom. The SMILES string of the molecule is CCCC(C)(Cc1ccc(F)cc1)C(=O)O. The van der Waals surface area contributed by atoms with Gasteiger partial charge in [0, 0.05) is 0 Å². The van der Waals surface area contributed by atoms with E-state index in [9.17, 15) is 14.3 Å². The lowest BCUT2D eigenvalue weighted by atomic mass is 9.80. The monoisotopic (exact) mass is 224 g/mol. The number of carboxylic acids is 1. The minimum atomic E-state index is -0.793. The van der Waals surface area contributed by atoms with Crippen molar-refractivity contribution >= 4 is 5.97 Å². The zero-order valence-electron chi connectivity index (χ0n) is 9.66. The molecular formula is C13H17FO2. The van der Waals surface area contributed by atoms with E-state index in [-0.39, 0.29) is 5.82 Å². The molecule has 88 valence electrons. The summed E-state index contributed by atoms with van der Waals surface area (Å²) in [7, 11) is 0. The van der Waals surface area contributed by atoms with Gasteiger partial charge >= 0.3 is 5.97 Å². The van der Waals surface area contributed by atoms with Crippen molar-refractivity contribution in [2.45, 2.75) is 33.1 Å². The Morgan fingerprint density at radius 2 is 1.94 bits per heavy atom. The Bertz CT molecular complexity index is 359. The number of benzene rings is 1. The second-order valence-corrected chi connectivity index (χ2v) is 4.42. The Kier molecular flexibility index (Phi) is 4.05. The highest BCUT2D eigenvalue weighted by Crippen LogP contribution is 2.28. The first-order chi connectivity index (χ1) is 7.48. The molecule has 0 fully saturated rings. The molecule has 1 unspecified atom stereocenters. The third-order valence-corrected chi connectivity index (χ3v) is 2.83. The fraction of sp³-hybridized carbons (Fsp3) is 0.462. The Balaban J connectivity index is 2.83. The Morgan fingerprint density at radius 1 is 1.38 bits per heavy atom. The van der Waals surface area contributed by atoms with E-state index in [1.807, 2.05) is 6.92 Å². The maximum Gasteiger partial charge on any atom is 0.309 e. The summed E-state index contributed by atoms with van der Waals surface area (Å²) in [6.07, 6.45) is 1.89. The number of halogens is 1. The van der Waals surface area contributed by atoms with Crippen molar-refractivity contribution in [3.8, 4) is 0 Å². The zero-order chi connectivity index (χ0) is 12.2. The molecule has 0 heterocycles. The van der Waals surface area contributed by atoms with E-state index in [0.717, 1.165) is 12.0 Å². The molecule has 0 spiro atoms. The highest BCUT2D eigenvalue weighted by Gasteiger charge is 2.32. The molecule has 1 rings (SSSR count). The molecule has 3 heteroatoms. The fourth-order valence-electron chi connectivity index (χ4n) is 1.88. The van der Waals surface area contributed by atoms with Crippen molar-refractivity contribution in [3.63, 3.8) is 0 Å². The first kappa shape index (κ1) is 12.7. The van der Waals surface area contributed by atoms with Gasteiger partial charge in [0.1, 0.15) is 5.82 Å². The summed E-state index contributed by atoms with van der Waals surface area (Å²) in [5.74, 6) is -1.09. The topological polar surface area (TPSA) is 37.3 Å². The second-order valence-electron chi connectivity index (χ2n) is 4.42. The molecule has 2 nitrogen and oxygen atoms in total. The van der Waals surface area contributed by atoms with Gasteiger partial charge < -0.3 is 5.11 Å². The molecule has 0 bridgehead atoms. The normalized spacial score (nSPS) is 14.4. The van der Waals surface area contributed by atoms with Crippen molar-refractivity contribution in [2.24, 2.45) is 5.41 Å². The van der Waals surface area contributed by atoms with Crippen LogP contribution in [-0.2, 0) is 11.2 Å². The molecule has 1 N–H and O–H groups in total. The summed E-state index contributed by atoms with van der Waals surface area (Å²) in [5, 5.41) is 9.21. The highest BCUT2D eigenvalue weighted by molar-refractivity contribution is 5.74. The van der Waals surface area contributed by atoms with Gasteiger partial charge in [-0.25, -0.2) is 4.39 Å². The van der Waals surface area contributed by atoms with E-state index in [4.69, 9.17) is 0 Å². The summed E-state index contributed by atoms with van der Waals surface area (Å²) in [6.45, 7) is 3.70. The van der Waals surface area contributed by atoms with Crippen molar-refractivity contribution in [1.82, 2.24) is 0 Å². The first-order valence-electron chi connectivity index (χ1n) is 5.46. The molecule has 0 amide bonds. The number of rotatable bonds is 5. The fourth-order valence-corrected chi connectivity index (χ4v) is 1.88. The number of carbonyl (C=O) groups is 1. The highest BCUT2D eigenvalue weighted by atomic mass is 19.1. The molecule has 0 saturated carbocycles.